The van der Waals surface area contributed by atoms with Crippen LogP contribution in [0.2, 0.25) is 0 Å². The number of ether oxygens (including phenoxy) is 1. The highest BCUT2D eigenvalue weighted by atomic mass is 16.5. The minimum absolute atomic E-state index is 0.193. The maximum atomic E-state index is 10.6. The molecule has 0 amide bonds. The van der Waals surface area contributed by atoms with Crippen LogP contribution in [0.3, 0.4) is 0 Å². The van der Waals surface area contributed by atoms with Crippen molar-refractivity contribution in [2.24, 2.45) is 0 Å². The van der Waals surface area contributed by atoms with Crippen LogP contribution < -0.4 is 0 Å². The van der Waals surface area contributed by atoms with Crippen molar-refractivity contribution in [1.29, 1.82) is 0 Å². The van der Waals surface area contributed by atoms with Crippen LogP contribution in [0.1, 0.15) is 25.5 Å². The first-order chi connectivity index (χ1) is 9.68. The summed E-state index contributed by atoms with van der Waals surface area (Å²) in [6.45, 7) is 6.77. The molecule has 3 heteroatoms. The van der Waals surface area contributed by atoms with Crippen LogP contribution in [0.15, 0.2) is 36.4 Å². The molecule has 2 atom stereocenters. The van der Waals surface area contributed by atoms with Gasteiger partial charge in [-0.05, 0) is 19.2 Å². The molecule has 20 heavy (non-hydrogen) atoms. The first kappa shape index (κ1) is 13.4. The number of phenols is 1. The summed E-state index contributed by atoms with van der Waals surface area (Å²) in [7, 11) is 0. The molecule has 0 bridgehead atoms. The van der Waals surface area contributed by atoms with E-state index in [1.54, 1.807) is 0 Å². The maximum absolute atomic E-state index is 10.6. The second-order valence-electron chi connectivity index (χ2n) is 5.56. The van der Waals surface area contributed by atoms with Gasteiger partial charge < -0.3 is 9.84 Å². The lowest BCUT2D eigenvalue weighted by atomic mass is 9.99. The quantitative estimate of drug-likeness (QED) is 0.909. The number of benzene rings is 2. The fraction of sp³-hybridized carbons (Fsp3) is 0.412. The Morgan fingerprint density at radius 3 is 2.85 bits per heavy atom. The Morgan fingerprint density at radius 2 is 2.05 bits per heavy atom. The average molecular weight is 271 g/mol. The van der Waals surface area contributed by atoms with Gasteiger partial charge in [0.25, 0.3) is 0 Å². The van der Waals surface area contributed by atoms with Crippen LogP contribution in [-0.4, -0.2) is 35.8 Å². The molecule has 1 aliphatic heterocycles. The SMILES string of the molecule is CC1COCCN1C(C)c1ccc2ccccc2c1O. The highest BCUT2D eigenvalue weighted by Gasteiger charge is 2.26. The van der Waals surface area contributed by atoms with Crippen LogP contribution in [0.25, 0.3) is 10.8 Å². The maximum Gasteiger partial charge on any atom is 0.128 e. The minimum atomic E-state index is 0.193. The number of morpholine rings is 1. The number of phenolic OH excluding ortho intramolecular Hbond substituents is 1. The monoisotopic (exact) mass is 271 g/mol. The van der Waals surface area contributed by atoms with E-state index in [1.165, 1.54) is 0 Å². The Bertz CT molecular complexity index is 611. The van der Waals surface area contributed by atoms with Crippen molar-refractivity contribution in [2.45, 2.75) is 25.9 Å². The van der Waals surface area contributed by atoms with Gasteiger partial charge in [0, 0.05) is 29.6 Å². The van der Waals surface area contributed by atoms with Gasteiger partial charge in [-0.1, -0.05) is 36.4 Å². The molecule has 0 spiro atoms. The van der Waals surface area contributed by atoms with E-state index >= 15 is 0 Å². The van der Waals surface area contributed by atoms with Gasteiger partial charge in [-0.3, -0.25) is 4.90 Å². The van der Waals surface area contributed by atoms with Gasteiger partial charge in [0.05, 0.1) is 13.2 Å². The van der Waals surface area contributed by atoms with Gasteiger partial charge >= 0.3 is 0 Å². The Morgan fingerprint density at radius 1 is 1.25 bits per heavy atom. The number of rotatable bonds is 2. The summed E-state index contributed by atoms with van der Waals surface area (Å²) in [6, 6.07) is 12.7. The normalized spacial score (nSPS) is 22.0. The molecule has 2 aromatic carbocycles. The van der Waals surface area contributed by atoms with Gasteiger partial charge in [-0.25, -0.2) is 0 Å². The van der Waals surface area contributed by atoms with E-state index in [-0.39, 0.29) is 6.04 Å². The van der Waals surface area contributed by atoms with Crippen molar-refractivity contribution in [2.75, 3.05) is 19.8 Å². The molecular weight excluding hydrogens is 250 g/mol. The van der Waals surface area contributed by atoms with Gasteiger partial charge in [-0.15, -0.1) is 0 Å². The number of hydrogen-bond acceptors (Lipinski definition) is 3. The molecule has 1 N–H and O–H groups in total. The highest BCUT2D eigenvalue weighted by molar-refractivity contribution is 5.89. The molecule has 3 nitrogen and oxygen atoms in total. The van der Waals surface area contributed by atoms with Crippen molar-refractivity contribution in [3.63, 3.8) is 0 Å². The molecule has 1 saturated heterocycles. The van der Waals surface area contributed by atoms with E-state index in [1.807, 2.05) is 30.3 Å². The third kappa shape index (κ3) is 2.28. The second-order valence-corrected chi connectivity index (χ2v) is 5.56. The Kier molecular flexibility index (Phi) is 3.64. The first-order valence-corrected chi connectivity index (χ1v) is 7.22. The molecule has 2 unspecified atom stereocenters. The molecule has 2 aromatic rings. The van der Waals surface area contributed by atoms with E-state index < -0.39 is 0 Å². The van der Waals surface area contributed by atoms with Gasteiger partial charge in [-0.2, -0.15) is 0 Å². The fourth-order valence-corrected chi connectivity index (χ4v) is 3.10. The topological polar surface area (TPSA) is 32.7 Å². The van der Waals surface area contributed by atoms with Crippen LogP contribution in [-0.2, 0) is 4.74 Å². The predicted octanol–water partition coefficient (Wildman–Crippen LogP) is 3.33. The highest BCUT2D eigenvalue weighted by Crippen LogP contribution is 2.35. The summed E-state index contributed by atoms with van der Waals surface area (Å²) < 4.78 is 5.49. The Labute approximate surface area is 119 Å². The van der Waals surface area contributed by atoms with E-state index in [4.69, 9.17) is 4.74 Å². The zero-order chi connectivity index (χ0) is 14.1. The lowest BCUT2D eigenvalue weighted by molar-refractivity contribution is -0.0193. The van der Waals surface area contributed by atoms with Crippen molar-refractivity contribution in [1.82, 2.24) is 4.90 Å². The summed E-state index contributed by atoms with van der Waals surface area (Å²) >= 11 is 0. The van der Waals surface area contributed by atoms with Crippen molar-refractivity contribution in [3.8, 4) is 5.75 Å². The van der Waals surface area contributed by atoms with Gasteiger partial charge in [0.15, 0.2) is 0 Å². The number of nitrogens with zero attached hydrogens (tertiary/aromatic N) is 1. The van der Waals surface area contributed by atoms with Crippen molar-refractivity contribution < 1.29 is 9.84 Å². The Hall–Kier alpha value is -1.58. The summed E-state index contributed by atoms with van der Waals surface area (Å²) in [6.07, 6.45) is 0. The molecule has 0 aliphatic carbocycles. The molecule has 0 radical (unpaired) electrons. The van der Waals surface area contributed by atoms with E-state index in [0.717, 1.165) is 36.1 Å². The molecular formula is C17H21NO2. The fourth-order valence-electron chi connectivity index (χ4n) is 3.10. The summed E-state index contributed by atoms with van der Waals surface area (Å²) in [5.41, 5.74) is 0.998. The first-order valence-electron chi connectivity index (χ1n) is 7.22. The zero-order valence-electron chi connectivity index (χ0n) is 12.0. The summed E-state index contributed by atoms with van der Waals surface area (Å²) in [5, 5.41) is 12.6. The zero-order valence-corrected chi connectivity index (χ0v) is 12.0. The van der Waals surface area contributed by atoms with Crippen LogP contribution in [0.5, 0.6) is 5.75 Å². The van der Waals surface area contributed by atoms with Crippen molar-refractivity contribution in [3.05, 3.63) is 42.0 Å². The third-order valence-electron chi connectivity index (χ3n) is 4.30. The van der Waals surface area contributed by atoms with Gasteiger partial charge in [0.2, 0.25) is 0 Å². The molecule has 3 rings (SSSR count). The lowest BCUT2D eigenvalue weighted by Gasteiger charge is -2.38. The molecule has 0 saturated carbocycles. The van der Waals surface area contributed by atoms with E-state index in [9.17, 15) is 5.11 Å². The standard InChI is InChI=1S/C17H21NO2/c1-12-11-20-10-9-18(12)13(2)15-8-7-14-5-3-4-6-16(14)17(15)19/h3-8,12-13,19H,9-11H2,1-2H3. The molecule has 0 aromatic heterocycles. The summed E-state index contributed by atoms with van der Waals surface area (Å²) in [4.78, 5) is 2.40. The van der Waals surface area contributed by atoms with Gasteiger partial charge in [0.1, 0.15) is 5.75 Å². The lowest BCUT2D eigenvalue weighted by Crippen LogP contribution is -2.44. The minimum Gasteiger partial charge on any atom is -0.507 e. The third-order valence-corrected chi connectivity index (χ3v) is 4.30. The molecule has 106 valence electrons. The average Bonchev–Trinajstić information content (AvgIpc) is 2.48. The van der Waals surface area contributed by atoms with Crippen molar-refractivity contribution >= 4 is 10.8 Å². The second kappa shape index (κ2) is 5.43. The smallest absolute Gasteiger partial charge is 0.128 e. The number of fused-ring (bicyclic) bond motifs is 1. The largest absolute Gasteiger partial charge is 0.507 e. The van der Waals surface area contributed by atoms with E-state index in [2.05, 4.69) is 24.8 Å². The Balaban J connectivity index is 1.98. The summed E-state index contributed by atoms with van der Waals surface area (Å²) in [5.74, 6) is 0.411. The van der Waals surface area contributed by atoms with Crippen LogP contribution in [0.4, 0.5) is 0 Å². The predicted molar refractivity (Wildman–Crippen MR) is 81.0 cm³/mol. The molecule has 1 heterocycles. The van der Waals surface area contributed by atoms with Crippen LogP contribution in [0, 0.1) is 0 Å². The molecule has 1 aliphatic rings. The number of aromatic hydroxyl groups is 1. The molecule has 1 fully saturated rings. The van der Waals surface area contributed by atoms with Crippen LogP contribution >= 0.6 is 0 Å². The van der Waals surface area contributed by atoms with E-state index in [0.29, 0.717) is 11.8 Å². The number of hydrogen-bond donors (Lipinski definition) is 1.